The van der Waals surface area contributed by atoms with Crippen molar-refractivity contribution in [2.24, 2.45) is 0 Å². The fourth-order valence-electron chi connectivity index (χ4n) is 2.78. The fourth-order valence-corrected chi connectivity index (χ4v) is 3.97. The van der Waals surface area contributed by atoms with Crippen molar-refractivity contribution in [1.29, 1.82) is 5.26 Å². The number of aryl methyl sites for hydroxylation is 2. The molecule has 0 N–H and O–H groups in total. The molecule has 0 aliphatic rings. The summed E-state index contributed by atoms with van der Waals surface area (Å²) in [5, 5.41) is 9.07. The number of pyridine rings is 1. The van der Waals surface area contributed by atoms with E-state index in [1.165, 1.54) is 11.4 Å². The second-order valence-corrected chi connectivity index (χ2v) is 8.30. The van der Waals surface area contributed by atoms with Crippen LogP contribution in [0.25, 0.3) is 11.1 Å². The SMILES string of the molecule is Cc1ccc(S(=O)(=O)N(C)c2ccc(C)c(-c3ccnc(C#N)c3)c2)cc1. The Morgan fingerprint density at radius 2 is 1.70 bits per heavy atom. The van der Waals surface area contributed by atoms with Gasteiger partial charge in [0.2, 0.25) is 0 Å². The first-order valence-electron chi connectivity index (χ1n) is 8.36. The fraction of sp³-hybridized carbons (Fsp3) is 0.143. The van der Waals surface area contributed by atoms with Gasteiger partial charge in [-0.3, -0.25) is 4.31 Å². The summed E-state index contributed by atoms with van der Waals surface area (Å²) in [4.78, 5) is 4.23. The number of nitrogens with zero attached hydrogens (tertiary/aromatic N) is 3. The molecule has 1 heterocycles. The van der Waals surface area contributed by atoms with Gasteiger partial charge in [0, 0.05) is 13.2 Å². The maximum absolute atomic E-state index is 12.9. The van der Waals surface area contributed by atoms with Gasteiger partial charge in [-0.05, 0) is 66.9 Å². The molecule has 136 valence electrons. The molecule has 1 aromatic heterocycles. The number of benzene rings is 2. The van der Waals surface area contributed by atoms with Crippen molar-refractivity contribution in [1.82, 2.24) is 4.98 Å². The first-order chi connectivity index (χ1) is 12.8. The lowest BCUT2D eigenvalue weighted by Crippen LogP contribution is -2.26. The van der Waals surface area contributed by atoms with Crippen molar-refractivity contribution >= 4 is 15.7 Å². The molecule has 0 radical (unpaired) electrons. The summed E-state index contributed by atoms with van der Waals surface area (Å²) in [7, 11) is -2.13. The second-order valence-electron chi connectivity index (χ2n) is 6.33. The largest absolute Gasteiger partial charge is 0.269 e. The smallest absolute Gasteiger partial charge is 0.264 e. The minimum Gasteiger partial charge on any atom is -0.269 e. The van der Waals surface area contributed by atoms with Gasteiger partial charge in [-0.15, -0.1) is 0 Å². The molecule has 0 unspecified atom stereocenters. The zero-order valence-corrected chi connectivity index (χ0v) is 16.2. The van der Waals surface area contributed by atoms with Crippen molar-refractivity contribution < 1.29 is 8.42 Å². The minimum absolute atomic E-state index is 0.244. The standard InChI is InChI=1S/C21H19N3O2S/c1-15-4-8-20(9-5-15)27(25,26)24(3)19-7-6-16(2)21(13-19)17-10-11-23-18(12-17)14-22/h4-13H,1-3H3. The molecular weight excluding hydrogens is 358 g/mol. The topological polar surface area (TPSA) is 74.1 Å². The maximum Gasteiger partial charge on any atom is 0.264 e. The van der Waals surface area contributed by atoms with Gasteiger partial charge in [-0.2, -0.15) is 5.26 Å². The van der Waals surface area contributed by atoms with Crippen LogP contribution in [-0.2, 0) is 10.0 Å². The molecular formula is C21H19N3O2S. The number of rotatable bonds is 4. The van der Waals surface area contributed by atoms with Crippen molar-refractivity contribution in [2.75, 3.05) is 11.4 Å². The second kappa shape index (κ2) is 7.22. The summed E-state index contributed by atoms with van der Waals surface area (Å²) in [5.41, 5.74) is 4.53. The van der Waals surface area contributed by atoms with Crippen LogP contribution >= 0.6 is 0 Å². The van der Waals surface area contributed by atoms with Gasteiger partial charge >= 0.3 is 0 Å². The molecule has 27 heavy (non-hydrogen) atoms. The summed E-state index contributed by atoms with van der Waals surface area (Å²) in [6.07, 6.45) is 1.58. The molecule has 6 heteroatoms. The predicted octanol–water partition coefficient (Wildman–Crippen LogP) is 4.06. The molecule has 3 aromatic rings. The van der Waals surface area contributed by atoms with Crippen LogP contribution in [0.2, 0.25) is 0 Å². The molecule has 3 rings (SSSR count). The summed E-state index contributed by atoms with van der Waals surface area (Å²) in [5.74, 6) is 0. The van der Waals surface area contributed by atoms with Crippen molar-refractivity contribution in [3.63, 3.8) is 0 Å². The predicted molar refractivity (Wildman–Crippen MR) is 106 cm³/mol. The molecule has 0 saturated carbocycles. The van der Waals surface area contributed by atoms with E-state index in [1.807, 2.05) is 32.0 Å². The van der Waals surface area contributed by atoms with Crippen molar-refractivity contribution in [3.8, 4) is 17.2 Å². The van der Waals surface area contributed by atoms with E-state index in [-0.39, 0.29) is 4.90 Å². The highest BCUT2D eigenvalue weighted by molar-refractivity contribution is 7.92. The van der Waals surface area contributed by atoms with Crippen LogP contribution in [0.3, 0.4) is 0 Å². The Labute approximate surface area is 159 Å². The molecule has 0 saturated heterocycles. The molecule has 0 spiro atoms. The molecule has 2 aromatic carbocycles. The van der Waals surface area contributed by atoms with Crippen LogP contribution in [0.5, 0.6) is 0 Å². The van der Waals surface area contributed by atoms with E-state index < -0.39 is 10.0 Å². The number of sulfonamides is 1. The van der Waals surface area contributed by atoms with Crippen LogP contribution in [-0.4, -0.2) is 20.4 Å². The van der Waals surface area contributed by atoms with Crippen LogP contribution in [0.15, 0.2) is 65.7 Å². The van der Waals surface area contributed by atoms with E-state index in [2.05, 4.69) is 4.98 Å². The van der Waals surface area contributed by atoms with E-state index in [0.717, 1.165) is 22.3 Å². The Kier molecular flexibility index (Phi) is 4.98. The van der Waals surface area contributed by atoms with Gasteiger partial charge in [-0.25, -0.2) is 13.4 Å². The van der Waals surface area contributed by atoms with Gasteiger partial charge < -0.3 is 0 Å². The van der Waals surface area contributed by atoms with E-state index in [9.17, 15) is 8.42 Å². The van der Waals surface area contributed by atoms with Crippen LogP contribution < -0.4 is 4.31 Å². The quantitative estimate of drug-likeness (QED) is 0.687. The number of hydrogen-bond donors (Lipinski definition) is 0. The van der Waals surface area contributed by atoms with Crippen LogP contribution in [0, 0.1) is 25.2 Å². The molecule has 0 aliphatic carbocycles. The highest BCUT2D eigenvalue weighted by Gasteiger charge is 2.21. The first-order valence-corrected chi connectivity index (χ1v) is 9.80. The normalized spacial score (nSPS) is 11.0. The minimum atomic E-state index is -3.66. The first kappa shape index (κ1) is 18.6. The van der Waals surface area contributed by atoms with E-state index in [0.29, 0.717) is 11.4 Å². The van der Waals surface area contributed by atoms with Gasteiger partial charge in [-0.1, -0.05) is 23.8 Å². The molecule has 0 fully saturated rings. The average molecular weight is 377 g/mol. The lowest BCUT2D eigenvalue weighted by molar-refractivity contribution is 0.594. The Morgan fingerprint density at radius 1 is 1.00 bits per heavy atom. The average Bonchev–Trinajstić information content (AvgIpc) is 2.68. The molecule has 0 atom stereocenters. The number of hydrogen-bond acceptors (Lipinski definition) is 4. The van der Waals surface area contributed by atoms with Crippen molar-refractivity contribution in [3.05, 3.63) is 77.6 Å². The Morgan fingerprint density at radius 3 is 2.37 bits per heavy atom. The molecule has 0 amide bonds. The zero-order valence-electron chi connectivity index (χ0n) is 15.3. The number of nitriles is 1. The third-order valence-electron chi connectivity index (χ3n) is 4.45. The highest BCUT2D eigenvalue weighted by atomic mass is 32.2. The Balaban J connectivity index is 2.05. The molecule has 5 nitrogen and oxygen atoms in total. The van der Waals surface area contributed by atoms with Crippen LogP contribution in [0.4, 0.5) is 5.69 Å². The van der Waals surface area contributed by atoms with Gasteiger partial charge in [0.25, 0.3) is 10.0 Å². The third-order valence-corrected chi connectivity index (χ3v) is 6.25. The van der Waals surface area contributed by atoms with Gasteiger partial charge in [0.1, 0.15) is 11.8 Å². The summed E-state index contributed by atoms with van der Waals surface area (Å²) >= 11 is 0. The third kappa shape index (κ3) is 3.69. The van der Waals surface area contributed by atoms with E-state index >= 15 is 0 Å². The van der Waals surface area contributed by atoms with E-state index in [1.54, 1.807) is 48.7 Å². The zero-order chi connectivity index (χ0) is 19.6. The Hall–Kier alpha value is -3.17. The van der Waals surface area contributed by atoms with Gasteiger partial charge in [0.05, 0.1) is 10.6 Å². The van der Waals surface area contributed by atoms with E-state index in [4.69, 9.17) is 5.26 Å². The lowest BCUT2D eigenvalue weighted by atomic mass is 10.0. The van der Waals surface area contributed by atoms with Crippen molar-refractivity contribution in [2.45, 2.75) is 18.7 Å². The lowest BCUT2D eigenvalue weighted by Gasteiger charge is -2.21. The highest BCUT2D eigenvalue weighted by Crippen LogP contribution is 2.30. The number of anilines is 1. The summed E-state index contributed by atoms with van der Waals surface area (Å²) < 4.78 is 27.2. The number of aromatic nitrogens is 1. The van der Waals surface area contributed by atoms with Gasteiger partial charge in [0.15, 0.2) is 0 Å². The maximum atomic E-state index is 12.9. The monoisotopic (exact) mass is 377 g/mol. The molecule has 0 bridgehead atoms. The Bertz CT molecular complexity index is 1130. The summed E-state index contributed by atoms with van der Waals surface area (Å²) in [6.45, 7) is 3.86. The van der Waals surface area contributed by atoms with Crippen LogP contribution in [0.1, 0.15) is 16.8 Å². The molecule has 0 aliphatic heterocycles. The summed E-state index contributed by atoms with van der Waals surface area (Å²) in [6, 6.07) is 17.8.